The van der Waals surface area contributed by atoms with E-state index >= 15 is 0 Å². The van der Waals surface area contributed by atoms with Crippen LogP contribution in [0.3, 0.4) is 0 Å². The molecule has 1 heterocycles. The molecule has 0 saturated heterocycles. The topological polar surface area (TPSA) is 20.2 Å². The molecule has 1 N–H and O–H groups in total. The average Bonchev–Trinajstić information content (AvgIpc) is 2.71. The maximum absolute atomic E-state index is 13.5. The fourth-order valence-corrected chi connectivity index (χ4v) is 2.31. The first-order chi connectivity index (χ1) is 7.12. The molecule has 0 aliphatic rings. The highest BCUT2D eigenvalue weighted by molar-refractivity contribution is 7.08. The van der Waals surface area contributed by atoms with Crippen molar-refractivity contribution >= 4 is 11.3 Å². The van der Waals surface area contributed by atoms with Crippen molar-refractivity contribution in [2.24, 2.45) is 0 Å². The van der Waals surface area contributed by atoms with Crippen LogP contribution in [-0.2, 0) is 5.60 Å². The second-order valence-corrected chi connectivity index (χ2v) is 4.34. The molecule has 1 unspecified atom stereocenters. The smallest absolute Gasteiger partial charge is 0.129 e. The first-order valence-electron chi connectivity index (χ1n) is 4.62. The molecule has 1 aromatic heterocycles. The van der Waals surface area contributed by atoms with Gasteiger partial charge in [0, 0.05) is 5.56 Å². The number of hydrogen-bond donors (Lipinski definition) is 1. The van der Waals surface area contributed by atoms with E-state index in [1.54, 1.807) is 31.2 Å². The molecule has 1 nitrogen and oxygen atoms in total. The van der Waals surface area contributed by atoms with Gasteiger partial charge in [-0.05, 0) is 35.4 Å². The minimum Gasteiger partial charge on any atom is -0.381 e. The van der Waals surface area contributed by atoms with Crippen molar-refractivity contribution in [2.75, 3.05) is 0 Å². The van der Waals surface area contributed by atoms with Gasteiger partial charge in [0.25, 0.3) is 0 Å². The van der Waals surface area contributed by atoms with Crippen molar-refractivity contribution in [1.29, 1.82) is 0 Å². The van der Waals surface area contributed by atoms with Crippen LogP contribution < -0.4 is 0 Å². The zero-order valence-corrected chi connectivity index (χ0v) is 9.09. The van der Waals surface area contributed by atoms with Crippen molar-refractivity contribution in [3.05, 3.63) is 58.0 Å². The third kappa shape index (κ3) is 1.80. The molecule has 1 atom stereocenters. The maximum Gasteiger partial charge on any atom is 0.129 e. The first-order valence-corrected chi connectivity index (χ1v) is 5.56. The summed E-state index contributed by atoms with van der Waals surface area (Å²) >= 11 is 1.48. The van der Waals surface area contributed by atoms with E-state index in [1.165, 1.54) is 17.4 Å². The van der Waals surface area contributed by atoms with Crippen LogP contribution in [0.5, 0.6) is 0 Å². The van der Waals surface area contributed by atoms with E-state index in [0.717, 1.165) is 5.56 Å². The van der Waals surface area contributed by atoms with Crippen LogP contribution in [0.2, 0.25) is 0 Å². The molecule has 0 radical (unpaired) electrons. The Hall–Kier alpha value is -1.19. The molecule has 0 amide bonds. The standard InChI is InChI=1S/C12H11FOS/c1-12(14,9-6-7-15-8-9)10-4-2-3-5-11(10)13/h2-8,14H,1H3. The highest BCUT2D eigenvalue weighted by atomic mass is 32.1. The van der Waals surface area contributed by atoms with E-state index in [2.05, 4.69) is 0 Å². The maximum atomic E-state index is 13.5. The quantitative estimate of drug-likeness (QED) is 0.827. The van der Waals surface area contributed by atoms with Crippen LogP contribution >= 0.6 is 11.3 Å². The summed E-state index contributed by atoms with van der Waals surface area (Å²) in [5.74, 6) is -0.381. The third-order valence-electron chi connectivity index (χ3n) is 2.48. The van der Waals surface area contributed by atoms with Crippen LogP contribution in [0.25, 0.3) is 0 Å². The van der Waals surface area contributed by atoms with Crippen LogP contribution in [0.15, 0.2) is 41.1 Å². The molecule has 0 aliphatic heterocycles. The van der Waals surface area contributed by atoms with Gasteiger partial charge in [0.15, 0.2) is 0 Å². The molecular weight excluding hydrogens is 211 g/mol. The van der Waals surface area contributed by atoms with Gasteiger partial charge in [-0.25, -0.2) is 4.39 Å². The predicted octanol–water partition coefficient (Wildman–Crippen LogP) is 3.14. The average molecular weight is 222 g/mol. The third-order valence-corrected chi connectivity index (χ3v) is 3.16. The lowest BCUT2D eigenvalue weighted by atomic mass is 9.90. The molecule has 0 saturated carbocycles. The lowest BCUT2D eigenvalue weighted by molar-refractivity contribution is 0.0984. The van der Waals surface area contributed by atoms with E-state index in [-0.39, 0.29) is 5.82 Å². The minimum absolute atomic E-state index is 0.309. The summed E-state index contributed by atoms with van der Waals surface area (Å²) in [5, 5.41) is 14.0. The zero-order valence-electron chi connectivity index (χ0n) is 8.27. The largest absolute Gasteiger partial charge is 0.381 e. The van der Waals surface area contributed by atoms with E-state index < -0.39 is 5.60 Å². The SMILES string of the molecule is CC(O)(c1ccsc1)c1ccccc1F. The van der Waals surface area contributed by atoms with Crippen molar-refractivity contribution in [2.45, 2.75) is 12.5 Å². The summed E-state index contributed by atoms with van der Waals surface area (Å²) in [6, 6.07) is 8.10. The monoisotopic (exact) mass is 222 g/mol. The molecule has 0 fully saturated rings. The van der Waals surface area contributed by atoms with Crippen molar-refractivity contribution < 1.29 is 9.50 Å². The molecule has 78 valence electrons. The highest BCUT2D eigenvalue weighted by Gasteiger charge is 2.28. The number of aliphatic hydroxyl groups is 1. The van der Waals surface area contributed by atoms with Crippen molar-refractivity contribution in [3.63, 3.8) is 0 Å². The molecule has 0 aliphatic carbocycles. The lowest BCUT2D eigenvalue weighted by Crippen LogP contribution is -2.23. The predicted molar refractivity (Wildman–Crippen MR) is 59.4 cm³/mol. The molecule has 3 heteroatoms. The molecule has 15 heavy (non-hydrogen) atoms. The van der Waals surface area contributed by atoms with Crippen molar-refractivity contribution in [1.82, 2.24) is 0 Å². The molecule has 0 spiro atoms. The Balaban J connectivity index is 2.51. The molecule has 1 aromatic carbocycles. The summed E-state index contributed by atoms with van der Waals surface area (Å²) in [7, 11) is 0. The highest BCUT2D eigenvalue weighted by Crippen LogP contribution is 2.31. The van der Waals surface area contributed by atoms with Crippen molar-refractivity contribution in [3.8, 4) is 0 Å². The Kier molecular flexibility index (Phi) is 2.59. The van der Waals surface area contributed by atoms with Gasteiger partial charge >= 0.3 is 0 Å². The van der Waals surface area contributed by atoms with Crippen LogP contribution in [-0.4, -0.2) is 5.11 Å². The summed E-state index contributed by atoms with van der Waals surface area (Å²) in [6.45, 7) is 1.60. The van der Waals surface area contributed by atoms with Gasteiger partial charge in [-0.15, -0.1) is 0 Å². The Morgan fingerprint density at radius 3 is 2.60 bits per heavy atom. The zero-order chi connectivity index (χ0) is 10.9. The number of rotatable bonds is 2. The number of hydrogen-bond acceptors (Lipinski definition) is 2. The second kappa shape index (κ2) is 3.76. The van der Waals surface area contributed by atoms with Crippen LogP contribution in [0.4, 0.5) is 4.39 Å². The Morgan fingerprint density at radius 2 is 2.00 bits per heavy atom. The fourth-order valence-electron chi connectivity index (χ4n) is 1.55. The molecular formula is C12H11FOS. The van der Waals surface area contributed by atoms with Crippen LogP contribution in [0, 0.1) is 5.82 Å². The lowest BCUT2D eigenvalue weighted by Gasteiger charge is -2.23. The van der Waals surface area contributed by atoms with Gasteiger partial charge in [0.05, 0.1) is 0 Å². The van der Waals surface area contributed by atoms with Gasteiger partial charge in [-0.1, -0.05) is 18.2 Å². The number of halogens is 1. The van der Waals surface area contributed by atoms with E-state index in [4.69, 9.17) is 0 Å². The normalized spacial score (nSPS) is 14.9. The fraction of sp³-hybridized carbons (Fsp3) is 0.167. The Morgan fingerprint density at radius 1 is 1.27 bits per heavy atom. The molecule has 2 aromatic rings. The number of thiophene rings is 1. The summed E-state index contributed by atoms with van der Waals surface area (Å²) in [4.78, 5) is 0. The van der Waals surface area contributed by atoms with Gasteiger partial charge in [0.2, 0.25) is 0 Å². The van der Waals surface area contributed by atoms with Gasteiger partial charge < -0.3 is 5.11 Å². The second-order valence-electron chi connectivity index (χ2n) is 3.56. The number of benzene rings is 1. The van der Waals surface area contributed by atoms with E-state index in [0.29, 0.717) is 5.56 Å². The molecule has 0 bridgehead atoms. The summed E-state index contributed by atoms with van der Waals surface area (Å²) in [6.07, 6.45) is 0. The van der Waals surface area contributed by atoms with Crippen LogP contribution in [0.1, 0.15) is 18.1 Å². The Labute approximate surface area is 91.8 Å². The van der Waals surface area contributed by atoms with E-state index in [1.807, 2.05) is 10.8 Å². The minimum atomic E-state index is -1.26. The van der Waals surface area contributed by atoms with Gasteiger partial charge in [-0.2, -0.15) is 11.3 Å². The first kappa shape index (κ1) is 10.3. The van der Waals surface area contributed by atoms with Gasteiger partial charge in [-0.3, -0.25) is 0 Å². The summed E-state index contributed by atoms with van der Waals surface area (Å²) in [5.41, 5.74) is -0.230. The van der Waals surface area contributed by atoms with E-state index in [9.17, 15) is 9.50 Å². The molecule has 2 rings (SSSR count). The Bertz CT molecular complexity index is 448. The summed E-state index contributed by atoms with van der Waals surface area (Å²) < 4.78 is 13.5. The van der Waals surface area contributed by atoms with Gasteiger partial charge in [0.1, 0.15) is 11.4 Å².